The molecule has 2 N–H and O–H groups in total. The Kier molecular flexibility index (Phi) is 3.61. The van der Waals surface area contributed by atoms with Crippen molar-refractivity contribution >= 4 is 11.8 Å². The van der Waals surface area contributed by atoms with Crippen LogP contribution in [0.2, 0.25) is 0 Å². The number of aromatic nitrogens is 3. The van der Waals surface area contributed by atoms with Crippen molar-refractivity contribution in [3.05, 3.63) is 51.7 Å². The SMILES string of the molecule is Cc1nnc(SCc2cccc(F)c2)n(N)c1=O. The Morgan fingerprint density at radius 1 is 1.44 bits per heavy atom. The molecule has 2 rings (SSSR count). The van der Waals surface area contributed by atoms with E-state index >= 15 is 0 Å². The molecule has 0 bridgehead atoms. The Bertz CT molecular complexity index is 629. The van der Waals surface area contributed by atoms with Gasteiger partial charge in [0, 0.05) is 5.75 Å². The van der Waals surface area contributed by atoms with Crippen molar-refractivity contribution in [2.75, 3.05) is 5.84 Å². The van der Waals surface area contributed by atoms with Gasteiger partial charge in [-0.25, -0.2) is 4.39 Å². The van der Waals surface area contributed by atoms with E-state index in [4.69, 9.17) is 5.84 Å². The zero-order valence-electron chi connectivity index (χ0n) is 9.63. The number of thioether (sulfide) groups is 1. The van der Waals surface area contributed by atoms with E-state index in [2.05, 4.69) is 10.2 Å². The third kappa shape index (κ3) is 2.67. The van der Waals surface area contributed by atoms with Crippen LogP contribution in [0.15, 0.2) is 34.2 Å². The largest absolute Gasteiger partial charge is 0.334 e. The summed E-state index contributed by atoms with van der Waals surface area (Å²) >= 11 is 1.23. The molecule has 0 aliphatic carbocycles. The lowest BCUT2D eigenvalue weighted by molar-refractivity contribution is 0.626. The summed E-state index contributed by atoms with van der Waals surface area (Å²) < 4.78 is 13.9. The molecular formula is C11H11FN4OS. The Morgan fingerprint density at radius 3 is 2.94 bits per heavy atom. The first-order chi connectivity index (χ1) is 8.58. The molecule has 0 aliphatic rings. The average Bonchev–Trinajstić information content (AvgIpc) is 2.35. The molecule has 94 valence electrons. The molecule has 0 saturated heterocycles. The predicted octanol–water partition coefficient (Wildman–Crippen LogP) is 1.09. The number of nitrogen functional groups attached to an aromatic ring is 1. The van der Waals surface area contributed by atoms with E-state index in [1.54, 1.807) is 19.1 Å². The van der Waals surface area contributed by atoms with Gasteiger partial charge in [-0.2, -0.15) is 4.68 Å². The number of benzene rings is 1. The molecule has 2 aromatic rings. The van der Waals surface area contributed by atoms with Crippen molar-refractivity contribution in [3.8, 4) is 0 Å². The summed E-state index contributed by atoms with van der Waals surface area (Å²) in [6.07, 6.45) is 0. The first-order valence-corrected chi connectivity index (χ1v) is 6.15. The van der Waals surface area contributed by atoms with E-state index in [1.807, 2.05) is 0 Å². The highest BCUT2D eigenvalue weighted by Gasteiger charge is 2.07. The molecule has 0 radical (unpaired) electrons. The second-order valence-electron chi connectivity index (χ2n) is 3.66. The van der Waals surface area contributed by atoms with Gasteiger partial charge in [-0.15, -0.1) is 10.2 Å². The number of aryl methyl sites for hydroxylation is 1. The van der Waals surface area contributed by atoms with Gasteiger partial charge < -0.3 is 5.84 Å². The predicted molar refractivity (Wildman–Crippen MR) is 67.1 cm³/mol. The molecule has 0 spiro atoms. The zero-order chi connectivity index (χ0) is 13.1. The third-order valence-electron chi connectivity index (χ3n) is 2.28. The van der Waals surface area contributed by atoms with Crippen LogP contribution in [-0.2, 0) is 5.75 Å². The standard InChI is InChI=1S/C11H11FN4OS/c1-7-10(17)16(13)11(15-14-7)18-6-8-3-2-4-9(12)5-8/h2-5H,6,13H2,1H3. The van der Waals surface area contributed by atoms with E-state index < -0.39 is 0 Å². The summed E-state index contributed by atoms with van der Waals surface area (Å²) in [5.74, 6) is 5.75. The molecule has 0 atom stereocenters. The van der Waals surface area contributed by atoms with Crippen LogP contribution in [0.3, 0.4) is 0 Å². The minimum Gasteiger partial charge on any atom is -0.334 e. The zero-order valence-corrected chi connectivity index (χ0v) is 10.4. The summed E-state index contributed by atoms with van der Waals surface area (Å²) in [5.41, 5.74) is 0.647. The van der Waals surface area contributed by atoms with E-state index in [0.29, 0.717) is 10.9 Å². The molecule has 0 unspecified atom stereocenters. The maximum atomic E-state index is 13.0. The minimum absolute atomic E-state index is 0.243. The molecule has 1 aromatic carbocycles. The number of nitrogens with two attached hydrogens (primary N) is 1. The number of rotatable bonds is 3. The monoisotopic (exact) mass is 266 g/mol. The van der Waals surface area contributed by atoms with Crippen LogP contribution in [0.1, 0.15) is 11.3 Å². The van der Waals surface area contributed by atoms with Gasteiger partial charge in [0.25, 0.3) is 5.56 Å². The molecule has 1 aromatic heterocycles. The van der Waals surface area contributed by atoms with Crippen LogP contribution in [0.4, 0.5) is 4.39 Å². The van der Waals surface area contributed by atoms with Gasteiger partial charge in [0.15, 0.2) is 0 Å². The molecule has 0 saturated carbocycles. The van der Waals surface area contributed by atoms with Crippen molar-refractivity contribution in [1.29, 1.82) is 0 Å². The molecule has 0 fully saturated rings. The first kappa shape index (κ1) is 12.6. The van der Waals surface area contributed by atoms with Gasteiger partial charge in [0.05, 0.1) is 0 Å². The molecule has 1 heterocycles. The fourth-order valence-corrected chi connectivity index (χ4v) is 2.14. The molecule has 0 aliphatic heterocycles. The quantitative estimate of drug-likeness (QED) is 0.665. The highest BCUT2D eigenvalue weighted by Crippen LogP contribution is 2.18. The molecular weight excluding hydrogens is 255 g/mol. The average molecular weight is 266 g/mol. The third-order valence-corrected chi connectivity index (χ3v) is 3.29. The second kappa shape index (κ2) is 5.18. The van der Waals surface area contributed by atoms with Crippen LogP contribution in [0.5, 0.6) is 0 Å². The van der Waals surface area contributed by atoms with Crippen molar-refractivity contribution in [3.63, 3.8) is 0 Å². The highest BCUT2D eigenvalue weighted by atomic mass is 32.2. The summed E-state index contributed by atoms with van der Waals surface area (Å²) in [5, 5.41) is 7.85. The lowest BCUT2D eigenvalue weighted by Crippen LogP contribution is -2.32. The molecule has 5 nitrogen and oxygen atoms in total. The Labute approximate surface area is 107 Å². The number of nitrogens with zero attached hydrogens (tertiary/aromatic N) is 3. The van der Waals surface area contributed by atoms with Gasteiger partial charge in [-0.1, -0.05) is 23.9 Å². The smallest absolute Gasteiger partial charge is 0.294 e. The fourth-order valence-electron chi connectivity index (χ4n) is 1.34. The van der Waals surface area contributed by atoms with Gasteiger partial charge in [-0.3, -0.25) is 4.79 Å². The van der Waals surface area contributed by atoms with Gasteiger partial charge in [0.1, 0.15) is 11.5 Å². The Hall–Kier alpha value is -1.89. The summed E-state index contributed by atoms with van der Waals surface area (Å²) in [6, 6.07) is 6.21. The molecule has 7 heteroatoms. The van der Waals surface area contributed by atoms with Gasteiger partial charge >= 0.3 is 0 Å². The van der Waals surface area contributed by atoms with Crippen LogP contribution in [-0.4, -0.2) is 14.9 Å². The Balaban J connectivity index is 2.16. The summed E-state index contributed by atoms with van der Waals surface area (Å²) in [7, 11) is 0. The summed E-state index contributed by atoms with van der Waals surface area (Å²) in [6.45, 7) is 1.54. The van der Waals surface area contributed by atoms with Crippen LogP contribution in [0.25, 0.3) is 0 Å². The fraction of sp³-hybridized carbons (Fsp3) is 0.182. The van der Waals surface area contributed by atoms with Crippen molar-refractivity contribution in [2.24, 2.45) is 0 Å². The number of hydrogen-bond acceptors (Lipinski definition) is 5. The number of hydrogen-bond donors (Lipinski definition) is 1. The van der Waals surface area contributed by atoms with Gasteiger partial charge in [0.2, 0.25) is 5.16 Å². The van der Waals surface area contributed by atoms with E-state index in [-0.39, 0.29) is 17.1 Å². The minimum atomic E-state index is -0.383. The van der Waals surface area contributed by atoms with Crippen molar-refractivity contribution in [2.45, 2.75) is 17.8 Å². The van der Waals surface area contributed by atoms with E-state index in [9.17, 15) is 9.18 Å². The summed E-state index contributed by atoms with van der Waals surface area (Å²) in [4.78, 5) is 11.5. The van der Waals surface area contributed by atoms with Crippen molar-refractivity contribution in [1.82, 2.24) is 14.9 Å². The lowest BCUT2D eigenvalue weighted by atomic mass is 10.2. The first-order valence-electron chi connectivity index (χ1n) is 5.16. The normalized spacial score (nSPS) is 10.6. The molecule has 18 heavy (non-hydrogen) atoms. The van der Waals surface area contributed by atoms with Crippen LogP contribution >= 0.6 is 11.8 Å². The highest BCUT2D eigenvalue weighted by molar-refractivity contribution is 7.98. The topological polar surface area (TPSA) is 73.8 Å². The van der Waals surface area contributed by atoms with Crippen LogP contribution < -0.4 is 11.4 Å². The second-order valence-corrected chi connectivity index (χ2v) is 4.60. The Morgan fingerprint density at radius 2 is 2.22 bits per heavy atom. The number of halogens is 1. The van der Waals surface area contributed by atoms with E-state index in [1.165, 1.54) is 23.9 Å². The van der Waals surface area contributed by atoms with Crippen molar-refractivity contribution < 1.29 is 4.39 Å². The maximum Gasteiger partial charge on any atom is 0.294 e. The maximum absolute atomic E-state index is 13.0. The lowest BCUT2D eigenvalue weighted by Gasteiger charge is -2.05. The van der Waals surface area contributed by atoms with Gasteiger partial charge in [-0.05, 0) is 24.6 Å². The van der Waals surface area contributed by atoms with Crippen LogP contribution in [0, 0.1) is 12.7 Å². The van der Waals surface area contributed by atoms with E-state index in [0.717, 1.165) is 10.2 Å². The molecule has 0 amide bonds.